The first-order chi connectivity index (χ1) is 8.79. The van der Waals surface area contributed by atoms with Crippen molar-refractivity contribution < 1.29 is 4.74 Å². The van der Waals surface area contributed by atoms with Crippen molar-refractivity contribution in [2.45, 2.75) is 43.3 Å². The second kappa shape index (κ2) is 4.70. The highest BCUT2D eigenvalue weighted by atomic mass is 32.2. The fraction of sp³-hybridized carbons (Fsp3) is 0.692. The van der Waals surface area contributed by atoms with Crippen LogP contribution in [0.4, 0.5) is 5.82 Å². The van der Waals surface area contributed by atoms with Crippen LogP contribution >= 0.6 is 11.8 Å². The van der Waals surface area contributed by atoms with Crippen molar-refractivity contribution in [2.24, 2.45) is 0 Å². The molecule has 18 heavy (non-hydrogen) atoms. The molecule has 1 fully saturated rings. The summed E-state index contributed by atoms with van der Waals surface area (Å²) in [5.41, 5.74) is 2.27. The largest absolute Gasteiger partial charge is 0.370 e. The predicted octanol–water partition coefficient (Wildman–Crippen LogP) is 2.68. The fourth-order valence-corrected chi connectivity index (χ4v) is 3.63. The Morgan fingerprint density at radius 3 is 2.78 bits per heavy atom. The van der Waals surface area contributed by atoms with Crippen LogP contribution in [-0.2, 0) is 21.8 Å². The molecule has 1 saturated carbocycles. The van der Waals surface area contributed by atoms with Gasteiger partial charge in [0.05, 0.1) is 5.69 Å². The molecule has 0 saturated heterocycles. The van der Waals surface area contributed by atoms with Gasteiger partial charge in [-0.1, -0.05) is 0 Å². The maximum atomic E-state index is 5.69. The summed E-state index contributed by atoms with van der Waals surface area (Å²) in [5, 5.41) is 3.37. The second-order valence-electron chi connectivity index (χ2n) is 4.90. The van der Waals surface area contributed by atoms with Gasteiger partial charge in [-0.25, -0.2) is 9.97 Å². The van der Waals surface area contributed by atoms with Gasteiger partial charge in [-0.2, -0.15) is 11.8 Å². The fourth-order valence-electron chi connectivity index (χ4n) is 2.59. The molecule has 98 valence electrons. The molecular formula is C13H19N3OS. The van der Waals surface area contributed by atoms with Crippen molar-refractivity contribution >= 4 is 17.6 Å². The van der Waals surface area contributed by atoms with Crippen LogP contribution in [0.25, 0.3) is 0 Å². The van der Waals surface area contributed by atoms with Crippen LogP contribution in [0.15, 0.2) is 0 Å². The molecule has 5 heteroatoms. The molecular weight excluding hydrogens is 246 g/mol. The summed E-state index contributed by atoms with van der Waals surface area (Å²) in [5.74, 6) is 3.93. The SMILES string of the molecule is CCNc1nc(C2(OC)CCC2)nc2c1CSC2. The minimum Gasteiger partial charge on any atom is -0.370 e. The molecule has 0 radical (unpaired) electrons. The molecule has 1 aliphatic heterocycles. The Morgan fingerprint density at radius 1 is 1.33 bits per heavy atom. The van der Waals surface area contributed by atoms with E-state index in [1.165, 1.54) is 17.7 Å². The van der Waals surface area contributed by atoms with Crippen molar-refractivity contribution in [3.63, 3.8) is 0 Å². The van der Waals surface area contributed by atoms with Gasteiger partial charge in [0.15, 0.2) is 5.82 Å². The van der Waals surface area contributed by atoms with Gasteiger partial charge >= 0.3 is 0 Å². The topological polar surface area (TPSA) is 47.0 Å². The van der Waals surface area contributed by atoms with E-state index in [1.807, 2.05) is 11.8 Å². The molecule has 4 nitrogen and oxygen atoms in total. The van der Waals surface area contributed by atoms with Crippen molar-refractivity contribution in [2.75, 3.05) is 19.0 Å². The second-order valence-corrected chi connectivity index (χ2v) is 5.88. The molecule has 2 heterocycles. The molecule has 0 spiro atoms. The van der Waals surface area contributed by atoms with Crippen LogP contribution in [0.1, 0.15) is 43.3 Å². The number of thioether (sulfide) groups is 1. The van der Waals surface area contributed by atoms with Crippen LogP contribution in [0, 0.1) is 0 Å². The molecule has 0 amide bonds. The summed E-state index contributed by atoms with van der Waals surface area (Å²) in [6.45, 7) is 3.00. The van der Waals surface area contributed by atoms with Gasteiger partial charge < -0.3 is 10.1 Å². The lowest BCUT2D eigenvalue weighted by atomic mass is 9.79. The van der Waals surface area contributed by atoms with Gasteiger partial charge in [-0.05, 0) is 26.2 Å². The van der Waals surface area contributed by atoms with Crippen molar-refractivity contribution in [1.29, 1.82) is 0 Å². The molecule has 1 N–H and O–H groups in total. The number of nitrogens with one attached hydrogen (secondary N) is 1. The van der Waals surface area contributed by atoms with Gasteiger partial charge in [-0.3, -0.25) is 0 Å². The molecule has 2 aliphatic rings. The van der Waals surface area contributed by atoms with Gasteiger partial charge in [-0.15, -0.1) is 0 Å². The van der Waals surface area contributed by atoms with E-state index in [0.717, 1.165) is 42.5 Å². The highest BCUT2D eigenvalue weighted by Gasteiger charge is 2.42. The van der Waals surface area contributed by atoms with Gasteiger partial charge in [0.25, 0.3) is 0 Å². The number of methoxy groups -OCH3 is 1. The smallest absolute Gasteiger partial charge is 0.162 e. The first-order valence-electron chi connectivity index (χ1n) is 6.56. The number of ether oxygens (including phenoxy) is 1. The number of hydrogen-bond acceptors (Lipinski definition) is 5. The summed E-state index contributed by atoms with van der Waals surface area (Å²) in [4.78, 5) is 9.50. The van der Waals surface area contributed by atoms with Gasteiger partial charge in [0.2, 0.25) is 0 Å². The van der Waals surface area contributed by atoms with Crippen LogP contribution in [0.5, 0.6) is 0 Å². The van der Waals surface area contributed by atoms with Crippen LogP contribution in [-0.4, -0.2) is 23.6 Å². The van der Waals surface area contributed by atoms with Gasteiger partial charge in [0.1, 0.15) is 11.4 Å². The molecule has 1 aromatic rings. The lowest BCUT2D eigenvalue weighted by Gasteiger charge is -2.39. The standard InChI is InChI=1S/C13H19N3OS/c1-3-14-11-9-7-18-8-10(9)15-12(16-11)13(17-2)5-4-6-13/h3-8H2,1-2H3,(H,14,15,16). The van der Waals surface area contributed by atoms with Crippen molar-refractivity contribution in [3.05, 3.63) is 17.1 Å². The third-order valence-corrected chi connectivity index (χ3v) is 4.85. The van der Waals surface area contributed by atoms with Crippen LogP contribution < -0.4 is 5.32 Å². The number of hydrogen-bond donors (Lipinski definition) is 1. The molecule has 0 atom stereocenters. The quantitative estimate of drug-likeness (QED) is 0.907. The minimum absolute atomic E-state index is 0.216. The average molecular weight is 265 g/mol. The zero-order valence-electron chi connectivity index (χ0n) is 11.0. The van der Waals surface area contributed by atoms with E-state index in [-0.39, 0.29) is 5.60 Å². The van der Waals surface area contributed by atoms with Crippen LogP contribution in [0.2, 0.25) is 0 Å². The van der Waals surface area contributed by atoms with Crippen LogP contribution in [0.3, 0.4) is 0 Å². The zero-order valence-corrected chi connectivity index (χ0v) is 11.8. The Kier molecular flexibility index (Phi) is 3.20. The third-order valence-electron chi connectivity index (χ3n) is 3.88. The lowest BCUT2D eigenvalue weighted by molar-refractivity contribution is -0.0846. The number of anilines is 1. The highest BCUT2D eigenvalue weighted by Crippen LogP contribution is 2.44. The van der Waals surface area contributed by atoms with E-state index in [0.29, 0.717) is 0 Å². The maximum Gasteiger partial charge on any atom is 0.162 e. The summed E-state index contributed by atoms with van der Waals surface area (Å²) in [7, 11) is 1.78. The third kappa shape index (κ3) is 1.80. The lowest BCUT2D eigenvalue weighted by Crippen LogP contribution is -2.38. The highest BCUT2D eigenvalue weighted by molar-refractivity contribution is 7.98. The van der Waals surface area contributed by atoms with E-state index in [4.69, 9.17) is 14.7 Å². The van der Waals surface area contributed by atoms with E-state index < -0.39 is 0 Å². The van der Waals surface area contributed by atoms with E-state index in [1.54, 1.807) is 7.11 Å². The number of fused-ring (bicyclic) bond motifs is 1. The first kappa shape index (κ1) is 12.2. The molecule has 1 aliphatic carbocycles. The monoisotopic (exact) mass is 265 g/mol. The van der Waals surface area contributed by atoms with E-state index in [9.17, 15) is 0 Å². The van der Waals surface area contributed by atoms with E-state index in [2.05, 4.69) is 12.2 Å². The first-order valence-corrected chi connectivity index (χ1v) is 7.71. The number of aromatic nitrogens is 2. The average Bonchev–Trinajstić information content (AvgIpc) is 2.77. The summed E-state index contributed by atoms with van der Waals surface area (Å²) >= 11 is 1.91. The Bertz CT molecular complexity index is 454. The molecule has 3 rings (SSSR count). The number of rotatable bonds is 4. The molecule has 0 aromatic carbocycles. The molecule has 0 bridgehead atoms. The number of nitrogens with zero attached hydrogens (tertiary/aromatic N) is 2. The van der Waals surface area contributed by atoms with E-state index >= 15 is 0 Å². The Balaban J connectivity index is 2.03. The summed E-state index contributed by atoms with van der Waals surface area (Å²) in [6, 6.07) is 0. The minimum atomic E-state index is -0.216. The van der Waals surface area contributed by atoms with Crippen molar-refractivity contribution in [3.8, 4) is 0 Å². The Morgan fingerprint density at radius 2 is 2.17 bits per heavy atom. The normalized spacial score (nSPS) is 20.3. The molecule has 0 unspecified atom stereocenters. The maximum absolute atomic E-state index is 5.69. The zero-order chi connectivity index (χ0) is 12.6. The molecule has 1 aromatic heterocycles. The summed E-state index contributed by atoms with van der Waals surface area (Å²) in [6.07, 6.45) is 3.29. The van der Waals surface area contributed by atoms with Crippen molar-refractivity contribution in [1.82, 2.24) is 9.97 Å². The Labute approximate surface area is 112 Å². The summed E-state index contributed by atoms with van der Waals surface area (Å²) < 4.78 is 5.69. The van der Waals surface area contributed by atoms with Gasteiger partial charge in [0, 0.05) is 30.7 Å². The Hall–Kier alpha value is -0.810. The predicted molar refractivity (Wildman–Crippen MR) is 73.7 cm³/mol.